The molecular formula is C13H23N3O5Si. The first-order valence-corrected chi connectivity index (χ1v) is 9.89. The van der Waals surface area contributed by atoms with Gasteiger partial charge in [-0.25, -0.2) is 4.79 Å². The van der Waals surface area contributed by atoms with Crippen molar-refractivity contribution in [3.8, 4) is 0 Å². The van der Waals surface area contributed by atoms with Crippen LogP contribution < -0.4 is 0 Å². The summed E-state index contributed by atoms with van der Waals surface area (Å²) in [6.45, 7) is 12.7. The Morgan fingerprint density at radius 2 is 2.09 bits per heavy atom. The molecule has 0 aliphatic carbocycles. The molecule has 1 rings (SSSR count). The van der Waals surface area contributed by atoms with E-state index in [1.54, 1.807) is 0 Å². The normalized spacial score (nSPS) is 13.9. The Morgan fingerprint density at radius 1 is 1.55 bits per heavy atom. The quantitative estimate of drug-likeness (QED) is 0.488. The van der Waals surface area contributed by atoms with E-state index >= 15 is 0 Å². The third-order valence-electron chi connectivity index (χ3n) is 3.89. The SMILES string of the molecule is CC(Cn1cc([N+](=O)[O-])c(C(=O)O)n1)O[Si](C)(C)C(C)(C)C. The molecule has 8 nitrogen and oxygen atoms in total. The van der Waals surface area contributed by atoms with Crippen LogP contribution in [0.1, 0.15) is 38.2 Å². The maximum absolute atomic E-state index is 11.0. The van der Waals surface area contributed by atoms with Gasteiger partial charge >= 0.3 is 11.7 Å². The Morgan fingerprint density at radius 3 is 2.45 bits per heavy atom. The van der Waals surface area contributed by atoms with E-state index in [2.05, 4.69) is 39.0 Å². The fourth-order valence-electron chi connectivity index (χ4n) is 1.77. The zero-order chi connectivity index (χ0) is 17.3. The van der Waals surface area contributed by atoms with Crippen LogP contribution >= 0.6 is 0 Å². The van der Waals surface area contributed by atoms with Crippen LogP contribution in [0.15, 0.2) is 6.20 Å². The molecular weight excluding hydrogens is 306 g/mol. The van der Waals surface area contributed by atoms with E-state index in [1.165, 1.54) is 4.68 Å². The Labute approximate surface area is 130 Å². The van der Waals surface area contributed by atoms with Crippen LogP contribution in [0.4, 0.5) is 5.69 Å². The van der Waals surface area contributed by atoms with Crippen molar-refractivity contribution >= 4 is 20.0 Å². The van der Waals surface area contributed by atoms with E-state index in [0.717, 1.165) is 6.20 Å². The van der Waals surface area contributed by atoms with E-state index in [-0.39, 0.29) is 17.7 Å². The van der Waals surface area contributed by atoms with E-state index < -0.39 is 30.6 Å². The van der Waals surface area contributed by atoms with Crippen LogP contribution in [-0.2, 0) is 11.0 Å². The summed E-state index contributed by atoms with van der Waals surface area (Å²) in [7, 11) is -1.96. The van der Waals surface area contributed by atoms with E-state index in [1.807, 2.05) is 6.92 Å². The predicted octanol–water partition coefficient (Wildman–Crippen LogP) is 2.90. The van der Waals surface area contributed by atoms with Gasteiger partial charge in [-0.15, -0.1) is 0 Å². The first-order valence-electron chi connectivity index (χ1n) is 6.98. The molecule has 0 aliphatic heterocycles. The minimum atomic E-state index is -1.96. The molecule has 1 atom stereocenters. The van der Waals surface area contributed by atoms with E-state index in [9.17, 15) is 14.9 Å². The molecule has 0 saturated carbocycles. The molecule has 0 bridgehead atoms. The number of hydrogen-bond donors (Lipinski definition) is 1. The molecule has 1 N–H and O–H groups in total. The van der Waals surface area contributed by atoms with Crippen molar-refractivity contribution in [3.05, 3.63) is 22.0 Å². The second-order valence-electron chi connectivity index (χ2n) is 6.84. The van der Waals surface area contributed by atoms with Gasteiger partial charge in [0, 0.05) is 0 Å². The largest absolute Gasteiger partial charge is 0.476 e. The number of aromatic nitrogens is 2. The van der Waals surface area contributed by atoms with Gasteiger partial charge in [-0.2, -0.15) is 5.10 Å². The minimum Gasteiger partial charge on any atom is -0.476 e. The number of carbonyl (C=O) groups is 1. The summed E-state index contributed by atoms with van der Waals surface area (Å²) in [5.41, 5.74) is -1.06. The Bertz CT molecular complexity index is 545. The average molecular weight is 329 g/mol. The molecule has 0 radical (unpaired) electrons. The molecule has 0 fully saturated rings. The van der Waals surface area contributed by atoms with Crippen LogP contribution in [0.3, 0.4) is 0 Å². The van der Waals surface area contributed by atoms with Gasteiger partial charge in [-0.3, -0.25) is 14.8 Å². The lowest BCUT2D eigenvalue weighted by Crippen LogP contribution is -2.44. The van der Waals surface area contributed by atoms with Crippen molar-refractivity contribution in [1.29, 1.82) is 0 Å². The number of rotatable bonds is 6. The summed E-state index contributed by atoms with van der Waals surface area (Å²) in [6.07, 6.45) is 0.914. The van der Waals surface area contributed by atoms with Gasteiger partial charge in [0.2, 0.25) is 5.69 Å². The molecule has 124 valence electrons. The lowest BCUT2D eigenvalue weighted by atomic mass is 10.2. The number of carboxylic acids is 1. The van der Waals surface area contributed by atoms with Gasteiger partial charge in [0.05, 0.1) is 17.6 Å². The highest BCUT2D eigenvalue weighted by atomic mass is 28.4. The lowest BCUT2D eigenvalue weighted by molar-refractivity contribution is -0.385. The minimum absolute atomic E-state index is 0.0452. The topological polar surface area (TPSA) is 107 Å². The molecule has 0 amide bonds. The van der Waals surface area contributed by atoms with Gasteiger partial charge in [-0.05, 0) is 25.1 Å². The lowest BCUT2D eigenvalue weighted by Gasteiger charge is -2.38. The number of hydrogen-bond acceptors (Lipinski definition) is 5. The molecule has 0 spiro atoms. The second-order valence-corrected chi connectivity index (χ2v) is 11.6. The molecule has 0 aliphatic rings. The van der Waals surface area contributed by atoms with Gasteiger partial charge in [0.1, 0.15) is 6.20 Å². The zero-order valence-electron chi connectivity index (χ0n) is 13.8. The highest BCUT2D eigenvalue weighted by Gasteiger charge is 2.38. The molecule has 0 saturated heterocycles. The first kappa shape index (κ1) is 18.3. The zero-order valence-corrected chi connectivity index (χ0v) is 14.8. The summed E-state index contributed by atoms with van der Waals surface area (Å²) >= 11 is 0. The summed E-state index contributed by atoms with van der Waals surface area (Å²) < 4.78 is 7.40. The van der Waals surface area contributed by atoms with Crippen molar-refractivity contribution < 1.29 is 19.3 Å². The van der Waals surface area contributed by atoms with Crippen LogP contribution in [0.25, 0.3) is 0 Å². The molecule has 1 unspecified atom stereocenters. The molecule has 1 aromatic rings. The van der Waals surface area contributed by atoms with Crippen LogP contribution in [0.5, 0.6) is 0 Å². The van der Waals surface area contributed by atoms with Crippen LogP contribution in [-0.4, -0.2) is 40.2 Å². The molecule has 1 aromatic heterocycles. The summed E-state index contributed by atoms with van der Waals surface area (Å²) in [6, 6.07) is 0. The highest BCUT2D eigenvalue weighted by molar-refractivity contribution is 6.74. The number of carboxylic acid groups (broad SMARTS) is 1. The van der Waals surface area contributed by atoms with Crippen molar-refractivity contribution in [2.45, 2.75) is 58.5 Å². The smallest absolute Gasteiger partial charge is 0.363 e. The number of aromatic carboxylic acids is 1. The summed E-state index contributed by atoms with van der Waals surface area (Å²) in [5.74, 6) is -1.41. The Balaban J connectivity index is 2.90. The first-order chi connectivity index (χ1) is 9.85. The molecule has 1 heterocycles. The molecule has 22 heavy (non-hydrogen) atoms. The van der Waals surface area contributed by atoms with E-state index in [0.29, 0.717) is 0 Å². The average Bonchev–Trinajstić information content (AvgIpc) is 2.70. The summed E-state index contributed by atoms with van der Waals surface area (Å²) in [4.78, 5) is 21.1. The van der Waals surface area contributed by atoms with Gasteiger partial charge in [0.25, 0.3) is 0 Å². The van der Waals surface area contributed by atoms with Crippen LogP contribution in [0, 0.1) is 10.1 Å². The van der Waals surface area contributed by atoms with Crippen molar-refractivity contribution in [1.82, 2.24) is 9.78 Å². The standard InChI is InChI=1S/C13H23N3O5Si/c1-9(21-22(5,6)13(2,3)4)7-15-8-10(16(19)20)11(14-15)12(17)18/h8-9H,7H2,1-6H3,(H,17,18). The third-order valence-corrected chi connectivity index (χ3v) is 8.49. The fourth-order valence-corrected chi connectivity index (χ4v) is 3.20. The maximum Gasteiger partial charge on any atom is 0.363 e. The Kier molecular flexibility index (Phi) is 5.13. The monoisotopic (exact) mass is 329 g/mol. The van der Waals surface area contributed by atoms with Crippen molar-refractivity contribution in [2.24, 2.45) is 0 Å². The van der Waals surface area contributed by atoms with Gasteiger partial charge in [-0.1, -0.05) is 20.8 Å². The van der Waals surface area contributed by atoms with Gasteiger partial charge in [0.15, 0.2) is 8.32 Å². The third kappa shape index (κ3) is 4.14. The maximum atomic E-state index is 11.0. The number of nitro groups is 1. The molecule has 9 heteroatoms. The van der Waals surface area contributed by atoms with Gasteiger partial charge < -0.3 is 9.53 Å². The summed E-state index contributed by atoms with van der Waals surface area (Å²) in [5, 5.41) is 23.6. The fraction of sp³-hybridized carbons (Fsp3) is 0.692. The highest BCUT2D eigenvalue weighted by Crippen LogP contribution is 2.37. The molecule has 0 aromatic carbocycles. The Hall–Kier alpha value is -1.74. The second kappa shape index (κ2) is 6.17. The van der Waals surface area contributed by atoms with Crippen LogP contribution in [0.2, 0.25) is 18.1 Å². The predicted molar refractivity (Wildman–Crippen MR) is 83.6 cm³/mol. The van der Waals surface area contributed by atoms with Crippen molar-refractivity contribution in [2.75, 3.05) is 0 Å². The van der Waals surface area contributed by atoms with Crippen molar-refractivity contribution in [3.63, 3.8) is 0 Å². The number of nitrogens with zero attached hydrogens (tertiary/aromatic N) is 3. The van der Waals surface area contributed by atoms with E-state index in [4.69, 9.17) is 9.53 Å².